The summed E-state index contributed by atoms with van der Waals surface area (Å²) in [6, 6.07) is 6.87. The number of pyridine rings is 1. The van der Waals surface area contributed by atoms with Gasteiger partial charge < -0.3 is 0 Å². The van der Waals surface area contributed by atoms with Crippen molar-refractivity contribution in [3.63, 3.8) is 0 Å². The zero-order valence-corrected chi connectivity index (χ0v) is 12.8. The molecule has 0 atom stereocenters. The summed E-state index contributed by atoms with van der Waals surface area (Å²) in [4.78, 5) is 3.64. The normalized spacial score (nSPS) is 11.7. The lowest BCUT2D eigenvalue weighted by molar-refractivity contribution is -0.141. The van der Waals surface area contributed by atoms with Gasteiger partial charge in [-0.15, -0.1) is 0 Å². The number of hydrogen-bond donors (Lipinski definition) is 0. The molecule has 0 aliphatic heterocycles. The molecule has 0 saturated carbocycles. The summed E-state index contributed by atoms with van der Waals surface area (Å²) in [5, 5.41) is 0.674. The van der Waals surface area contributed by atoms with E-state index in [2.05, 4.69) is 4.98 Å². The van der Waals surface area contributed by atoms with E-state index < -0.39 is 11.9 Å². The molecule has 1 heterocycles. The minimum atomic E-state index is -4.49. The first-order chi connectivity index (χ1) is 8.79. The second kappa shape index (κ2) is 5.46. The minimum Gasteiger partial charge on any atom is -0.242 e. The number of hydrogen-bond acceptors (Lipinski definition) is 1. The predicted molar refractivity (Wildman–Crippen MR) is 77.4 cm³/mol. The number of halogens is 6. The first-order valence-electron chi connectivity index (χ1n) is 4.98. The summed E-state index contributed by atoms with van der Waals surface area (Å²) in [5.74, 6) is 0. The van der Waals surface area contributed by atoms with E-state index in [0.29, 0.717) is 14.2 Å². The Morgan fingerprint density at radius 1 is 1.05 bits per heavy atom. The van der Waals surface area contributed by atoms with Gasteiger partial charge in [-0.3, -0.25) is 0 Å². The van der Waals surface area contributed by atoms with E-state index in [4.69, 9.17) is 23.2 Å². The van der Waals surface area contributed by atoms with Crippen molar-refractivity contribution < 1.29 is 13.2 Å². The molecular weight excluding hydrogens is 413 g/mol. The van der Waals surface area contributed by atoms with Gasteiger partial charge in [-0.1, -0.05) is 23.2 Å². The molecule has 0 radical (unpaired) electrons. The smallest absolute Gasteiger partial charge is 0.242 e. The van der Waals surface area contributed by atoms with Crippen LogP contribution in [0.2, 0.25) is 10.0 Å². The van der Waals surface area contributed by atoms with Crippen molar-refractivity contribution in [2.75, 3.05) is 0 Å². The topological polar surface area (TPSA) is 12.9 Å². The van der Waals surface area contributed by atoms with Crippen LogP contribution in [0.15, 0.2) is 30.3 Å². The van der Waals surface area contributed by atoms with Crippen molar-refractivity contribution in [3.05, 3.63) is 49.6 Å². The minimum absolute atomic E-state index is 0.192. The van der Waals surface area contributed by atoms with Crippen LogP contribution in [0.1, 0.15) is 5.69 Å². The van der Waals surface area contributed by atoms with Gasteiger partial charge in [0, 0.05) is 14.2 Å². The van der Waals surface area contributed by atoms with Crippen LogP contribution in [0, 0.1) is 3.57 Å². The number of rotatable bonds is 1. The fourth-order valence-electron chi connectivity index (χ4n) is 1.47. The third-order valence-electron chi connectivity index (χ3n) is 2.32. The van der Waals surface area contributed by atoms with Gasteiger partial charge in [-0.2, -0.15) is 13.2 Å². The van der Waals surface area contributed by atoms with Gasteiger partial charge in [0.25, 0.3) is 0 Å². The van der Waals surface area contributed by atoms with Crippen LogP contribution in [0.5, 0.6) is 0 Å². The second-order valence-electron chi connectivity index (χ2n) is 3.65. The van der Waals surface area contributed by atoms with Crippen molar-refractivity contribution in [3.8, 4) is 11.3 Å². The summed E-state index contributed by atoms with van der Waals surface area (Å²) in [5.41, 5.74) is -0.340. The summed E-state index contributed by atoms with van der Waals surface area (Å²) in [7, 11) is 0. The zero-order chi connectivity index (χ0) is 14.2. The Hall–Kier alpha value is -0.530. The first kappa shape index (κ1) is 14.9. The quantitative estimate of drug-likeness (QED) is 0.544. The van der Waals surface area contributed by atoms with Crippen molar-refractivity contribution in [1.29, 1.82) is 0 Å². The zero-order valence-electron chi connectivity index (χ0n) is 9.10. The maximum Gasteiger partial charge on any atom is 0.433 e. The molecule has 0 bridgehead atoms. The lowest BCUT2D eigenvalue weighted by atomic mass is 10.1. The molecule has 0 saturated heterocycles. The third-order valence-corrected chi connectivity index (χ3v) is 3.74. The molecule has 0 unspecified atom stereocenters. The van der Waals surface area contributed by atoms with Crippen molar-refractivity contribution in [1.82, 2.24) is 4.98 Å². The number of aromatic nitrogens is 1. The molecule has 100 valence electrons. The van der Waals surface area contributed by atoms with E-state index in [-0.39, 0.29) is 10.7 Å². The average Bonchev–Trinajstić information content (AvgIpc) is 2.29. The Balaban J connectivity index is 2.61. The van der Waals surface area contributed by atoms with E-state index in [1.54, 1.807) is 12.1 Å². The van der Waals surface area contributed by atoms with Gasteiger partial charge in [-0.25, -0.2) is 4.98 Å². The van der Waals surface area contributed by atoms with Gasteiger partial charge in [0.1, 0.15) is 5.69 Å². The third kappa shape index (κ3) is 3.32. The van der Waals surface area contributed by atoms with Crippen molar-refractivity contribution in [2.24, 2.45) is 0 Å². The molecule has 0 N–H and O–H groups in total. The molecule has 1 aromatic carbocycles. The Bertz CT molecular complexity index is 629. The molecule has 7 heteroatoms. The highest BCUT2D eigenvalue weighted by Crippen LogP contribution is 2.35. The summed E-state index contributed by atoms with van der Waals surface area (Å²) in [6.45, 7) is 0. The van der Waals surface area contributed by atoms with Crippen LogP contribution in [0.3, 0.4) is 0 Å². The van der Waals surface area contributed by atoms with Crippen molar-refractivity contribution in [2.45, 2.75) is 6.18 Å². The van der Waals surface area contributed by atoms with Crippen LogP contribution >= 0.6 is 45.8 Å². The molecule has 1 aromatic heterocycles. The molecule has 2 aromatic rings. The maximum absolute atomic E-state index is 12.7. The highest BCUT2D eigenvalue weighted by molar-refractivity contribution is 14.1. The van der Waals surface area contributed by atoms with Crippen LogP contribution in [-0.2, 0) is 6.18 Å². The van der Waals surface area contributed by atoms with Gasteiger partial charge in [0.2, 0.25) is 0 Å². The Morgan fingerprint density at radius 2 is 1.74 bits per heavy atom. The molecular formula is C12H5Cl2F3IN. The van der Waals surface area contributed by atoms with Gasteiger partial charge in [0.15, 0.2) is 0 Å². The van der Waals surface area contributed by atoms with E-state index >= 15 is 0 Å². The van der Waals surface area contributed by atoms with E-state index in [1.165, 1.54) is 12.1 Å². The fraction of sp³-hybridized carbons (Fsp3) is 0.0833. The van der Waals surface area contributed by atoms with E-state index in [1.807, 2.05) is 22.6 Å². The van der Waals surface area contributed by atoms with Crippen LogP contribution < -0.4 is 0 Å². The summed E-state index contributed by atoms with van der Waals surface area (Å²) in [6.07, 6.45) is -4.49. The van der Waals surface area contributed by atoms with E-state index in [9.17, 15) is 13.2 Å². The molecule has 19 heavy (non-hydrogen) atoms. The first-order valence-corrected chi connectivity index (χ1v) is 6.81. The molecule has 2 rings (SSSR count). The molecule has 0 aliphatic rings. The Kier molecular flexibility index (Phi) is 4.27. The average molecular weight is 418 g/mol. The van der Waals surface area contributed by atoms with Crippen LogP contribution in [0.25, 0.3) is 11.3 Å². The highest BCUT2D eigenvalue weighted by Gasteiger charge is 2.33. The maximum atomic E-state index is 12.7. The van der Waals surface area contributed by atoms with Crippen LogP contribution in [-0.4, -0.2) is 4.98 Å². The molecule has 0 aliphatic carbocycles. The van der Waals surface area contributed by atoms with Gasteiger partial charge >= 0.3 is 6.18 Å². The monoisotopic (exact) mass is 417 g/mol. The largest absolute Gasteiger partial charge is 0.433 e. The van der Waals surface area contributed by atoms with Crippen LogP contribution in [0.4, 0.5) is 13.2 Å². The number of nitrogens with zero attached hydrogens (tertiary/aromatic N) is 1. The fourth-order valence-corrected chi connectivity index (χ4v) is 2.56. The number of alkyl halides is 3. The number of benzene rings is 1. The Morgan fingerprint density at radius 3 is 2.32 bits per heavy atom. The molecule has 0 amide bonds. The molecule has 1 nitrogen and oxygen atoms in total. The predicted octanol–water partition coefficient (Wildman–Crippen LogP) is 5.68. The van der Waals surface area contributed by atoms with Crippen molar-refractivity contribution >= 4 is 45.8 Å². The van der Waals surface area contributed by atoms with Gasteiger partial charge in [-0.05, 0) is 52.9 Å². The SMILES string of the molecule is FC(F)(F)c1ccc(I)c(-c2ccc(Cl)cc2Cl)n1. The Labute approximate surface area is 130 Å². The van der Waals surface area contributed by atoms with Gasteiger partial charge in [0.05, 0.1) is 10.7 Å². The lowest BCUT2D eigenvalue weighted by Crippen LogP contribution is -2.09. The molecule has 0 fully saturated rings. The molecule has 0 spiro atoms. The highest BCUT2D eigenvalue weighted by atomic mass is 127. The second-order valence-corrected chi connectivity index (χ2v) is 5.65. The standard InChI is InChI=1S/C12H5Cl2F3IN/c13-6-1-2-7(8(14)5-6)11-9(18)3-4-10(19-11)12(15,16)17/h1-5H. The summed E-state index contributed by atoms with van der Waals surface area (Å²) >= 11 is 13.7. The van der Waals surface area contributed by atoms with E-state index in [0.717, 1.165) is 6.07 Å². The lowest BCUT2D eigenvalue weighted by Gasteiger charge is -2.11. The summed E-state index contributed by atoms with van der Waals surface area (Å²) < 4.78 is 38.6.